The fourth-order valence-corrected chi connectivity index (χ4v) is 6.96. The summed E-state index contributed by atoms with van der Waals surface area (Å²) in [4.78, 5) is 0. The Morgan fingerprint density at radius 3 is 2.00 bits per heavy atom. The van der Waals surface area contributed by atoms with E-state index in [1.165, 1.54) is 57.8 Å². The van der Waals surface area contributed by atoms with Crippen molar-refractivity contribution in [1.82, 2.24) is 0 Å². The van der Waals surface area contributed by atoms with Crippen LogP contribution in [-0.4, -0.2) is 6.61 Å². The normalized spacial score (nSPS) is 30.1. The third kappa shape index (κ3) is 6.66. The molecule has 0 aromatic heterocycles. The molecule has 3 heteroatoms. The van der Waals surface area contributed by atoms with Gasteiger partial charge in [-0.15, -0.1) is 0 Å². The van der Waals surface area contributed by atoms with Crippen LogP contribution in [0.25, 0.3) is 5.57 Å². The van der Waals surface area contributed by atoms with Crippen molar-refractivity contribution in [1.29, 1.82) is 0 Å². The van der Waals surface area contributed by atoms with E-state index in [4.69, 9.17) is 4.74 Å². The second-order valence-corrected chi connectivity index (χ2v) is 11.1. The molecule has 0 amide bonds. The van der Waals surface area contributed by atoms with Crippen LogP contribution in [0.1, 0.15) is 96.5 Å². The van der Waals surface area contributed by atoms with Gasteiger partial charge in [0.25, 0.3) is 0 Å². The average molecular weight is 483 g/mol. The van der Waals surface area contributed by atoms with Gasteiger partial charge in [-0.05, 0) is 138 Å². The number of rotatable bonds is 8. The largest absolute Gasteiger partial charge is 0.486 e. The third-order valence-electron chi connectivity index (χ3n) is 9.16. The van der Waals surface area contributed by atoms with Gasteiger partial charge in [-0.1, -0.05) is 30.4 Å². The van der Waals surface area contributed by atoms with Crippen LogP contribution in [0, 0.1) is 41.2 Å². The van der Waals surface area contributed by atoms with Crippen molar-refractivity contribution >= 4 is 5.57 Å². The minimum atomic E-state index is -0.871. The molecule has 1 aromatic rings. The molecule has 35 heavy (non-hydrogen) atoms. The smallest absolute Gasteiger partial charge is 0.201 e. The van der Waals surface area contributed by atoms with Crippen LogP contribution >= 0.6 is 0 Å². The van der Waals surface area contributed by atoms with Crippen LogP contribution < -0.4 is 4.74 Å². The molecular formula is C32H44F2O. The summed E-state index contributed by atoms with van der Waals surface area (Å²) in [5, 5.41) is 0. The molecule has 4 rings (SSSR count). The highest BCUT2D eigenvalue weighted by Gasteiger charge is 2.34. The minimum absolute atomic E-state index is 0.0123. The molecule has 0 N–H and O–H groups in total. The Hall–Kier alpha value is -1.90. The fraction of sp³-hybridized carbons (Fsp3) is 0.625. The molecule has 0 aliphatic heterocycles. The minimum Gasteiger partial charge on any atom is -0.486 e. The SMILES string of the molecule is C/C=C\CC1CCC(C2CCC(C3CC=C(c4ccc(OC/C=C/C)c(F)c4F)CC3)CC2)CC1. The number of halogens is 2. The Balaban J connectivity index is 1.26. The molecule has 1 nitrogen and oxygen atoms in total. The first-order valence-corrected chi connectivity index (χ1v) is 14.1. The fourth-order valence-electron chi connectivity index (χ4n) is 6.96. The zero-order valence-electron chi connectivity index (χ0n) is 21.8. The Labute approximate surface area is 211 Å². The van der Waals surface area contributed by atoms with Gasteiger partial charge in [0.1, 0.15) is 6.61 Å². The molecule has 0 spiro atoms. The van der Waals surface area contributed by atoms with Gasteiger partial charge in [-0.25, -0.2) is 4.39 Å². The van der Waals surface area contributed by atoms with Crippen molar-refractivity contribution in [3.05, 3.63) is 59.7 Å². The number of hydrogen-bond donors (Lipinski definition) is 0. The molecule has 192 valence electrons. The standard InChI is InChI=1S/C32H44F2O/c1-3-5-7-23-8-10-24(11-9-23)25-12-14-26(15-13-25)27-16-18-28(19-17-27)29-20-21-30(32(34)31(29)33)35-22-6-4-2/h3-6,18,20-21,23-27H,7-17,19,22H2,1-2H3/b5-3-,6-4+. The van der Waals surface area contributed by atoms with Crippen LogP contribution in [-0.2, 0) is 0 Å². The molecule has 3 aliphatic rings. The van der Waals surface area contributed by atoms with E-state index in [9.17, 15) is 8.78 Å². The highest BCUT2D eigenvalue weighted by molar-refractivity contribution is 5.67. The monoisotopic (exact) mass is 482 g/mol. The summed E-state index contributed by atoms with van der Waals surface area (Å²) in [7, 11) is 0. The number of ether oxygens (including phenoxy) is 1. The molecule has 3 aliphatic carbocycles. The highest BCUT2D eigenvalue weighted by atomic mass is 19.2. The van der Waals surface area contributed by atoms with Gasteiger partial charge in [0.2, 0.25) is 5.82 Å². The van der Waals surface area contributed by atoms with E-state index in [0.717, 1.165) is 48.5 Å². The zero-order valence-corrected chi connectivity index (χ0v) is 21.8. The van der Waals surface area contributed by atoms with Crippen LogP contribution in [0.15, 0.2) is 42.5 Å². The van der Waals surface area contributed by atoms with Crippen molar-refractivity contribution in [3.63, 3.8) is 0 Å². The maximum Gasteiger partial charge on any atom is 0.201 e. The molecule has 0 heterocycles. The molecular weight excluding hydrogens is 438 g/mol. The van der Waals surface area contributed by atoms with E-state index >= 15 is 0 Å². The van der Waals surface area contributed by atoms with Gasteiger partial charge in [0, 0.05) is 5.56 Å². The third-order valence-corrected chi connectivity index (χ3v) is 9.16. The van der Waals surface area contributed by atoms with Crippen LogP contribution in [0.5, 0.6) is 5.75 Å². The molecule has 2 saturated carbocycles. The van der Waals surface area contributed by atoms with E-state index in [2.05, 4.69) is 25.2 Å². The summed E-state index contributed by atoms with van der Waals surface area (Å²) in [6.07, 6.45) is 25.8. The first kappa shape index (κ1) is 26.2. The Morgan fingerprint density at radius 1 is 0.771 bits per heavy atom. The topological polar surface area (TPSA) is 9.23 Å². The van der Waals surface area contributed by atoms with E-state index < -0.39 is 11.6 Å². The highest BCUT2D eigenvalue weighted by Crippen LogP contribution is 2.46. The molecule has 2 fully saturated rings. The van der Waals surface area contributed by atoms with Gasteiger partial charge in [-0.2, -0.15) is 4.39 Å². The summed E-state index contributed by atoms with van der Waals surface area (Å²) in [6.45, 7) is 4.25. The van der Waals surface area contributed by atoms with E-state index in [1.54, 1.807) is 18.2 Å². The molecule has 1 aromatic carbocycles. The van der Waals surface area contributed by atoms with Crippen molar-refractivity contribution in [2.75, 3.05) is 6.61 Å². The van der Waals surface area contributed by atoms with Crippen molar-refractivity contribution in [3.8, 4) is 5.75 Å². The lowest BCUT2D eigenvalue weighted by Gasteiger charge is -2.40. The summed E-state index contributed by atoms with van der Waals surface area (Å²) >= 11 is 0. The van der Waals surface area contributed by atoms with E-state index in [-0.39, 0.29) is 12.4 Å². The summed E-state index contributed by atoms with van der Waals surface area (Å²) < 4.78 is 34.7. The number of allylic oxidation sites excluding steroid dienone is 5. The number of hydrogen-bond acceptors (Lipinski definition) is 1. The van der Waals surface area contributed by atoms with Crippen molar-refractivity contribution < 1.29 is 13.5 Å². The quantitative estimate of drug-likeness (QED) is 0.335. The van der Waals surface area contributed by atoms with Gasteiger partial charge in [0.05, 0.1) is 0 Å². The predicted octanol–water partition coefficient (Wildman–Crippen LogP) is 9.68. The average Bonchev–Trinajstić information content (AvgIpc) is 2.91. The molecule has 1 unspecified atom stereocenters. The summed E-state index contributed by atoms with van der Waals surface area (Å²) in [5.41, 5.74) is 1.37. The molecule has 0 saturated heterocycles. The number of benzene rings is 1. The second-order valence-electron chi connectivity index (χ2n) is 11.1. The van der Waals surface area contributed by atoms with Gasteiger partial charge in [-0.3, -0.25) is 0 Å². The van der Waals surface area contributed by atoms with Crippen molar-refractivity contribution in [2.45, 2.75) is 90.9 Å². The first-order chi connectivity index (χ1) is 17.1. The lowest BCUT2D eigenvalue weighted by Crippen LogP contribution is -2.28. The van der Waals surface area contributed by atoms with Gasteiger partial charge in [0.15, 0.2) is 11.6 Å². The lowest BCUT2D eigenvalue weighted by atomic mass is 9.65. The van der Waals surface area contributed by atoms with Gasteiger partial charge < -0.3 is 4.74 Å². The van der Waals surface area contributed by atoms with E-state index in [1.807, 2.05) is 13.0 Å². The Bertz CT molecular complexity index is 898. The van der Waals surface area contributed by atoms with E-state index in [0.29, 0.717) is 11.5 Å². The maximum atomic E-state index is 14.8. The van der Waals surface area contributed by atoms with Crippen LogP contribution in [0.4, 0.5) is 8.78 Å². The summed E-state index contributed by atoms with van der Waals surface area (Å²) in [6, 6.07) is 3.26. The Kier molecular flexibility index (Phi) is 9.63. The summed E-state index contributed by atoms with van der Waals surface area (Å²) in [5.74, 6) is 2.67. The predicted molar refractivity (Wildman–Crippen MR) is 142 cm³/mol. The molecule has 0 radical (unpaired) electrons. The lowest BCUT2D eigenvalue weighted by molar-refractivity contribution is 0.123. The van der Waals surface area contributed by atoms with Gasteiger partial charge >= 0.3 is 0 Å². The van der Waals surface area contributed by atoms with Crippen LogP contribution in [0.3, 0.4) is 0 Å². The maximum absolute atomic E-state index is 14.8. The first-order valence-electron chi connectivity index (χ1n) is 14.1. The molecule has 0 bridgehead atoms. The van der Waals surface area contributed by atoms with Crippen LogP contribution in [0.2, 0.25) is 0 Å². The Morgan fingerprint density at radius 2 is 1.40 bits per heavy atom. The second kappa shape index (κ2) is 12.9. The molecule has 1 atom stereocenters. The van der Waals surface area contributed by atoms with Crippen molar-refractivity contribution in [2.24, 2.45) is 29.6 Å². The zero-order chi connectivity index (χ0) is 24.6.